The molecule has 0 saturated heterocycles. The molecule has 1 aliphatic carbocycles. The second-order valence-corrected chi connectivity index (χ2v) is 6.57. The van der Waals surface area contributed by atoms with Gasteiger partial charge in [0, 0.05) is 19.1 Å². The van der Waals surface area contributed by atoms with Crippen molar-refractivity contribution in [2.24, 2.45) is 11.7 Å². The molecule has 2 rings (SSSR count). The SMILES string of the molecule is CCN(CC1CCC1)CC(N)c1c(C)cc(C)cc1C. The molecule has 1 atom stereocenters. The summed E-state index contributed by atoms with van der Waals surface area (Å²) in [7, 11) is 0. The molecule has 112 valence electrons. The lowest BCUT2D eigenvalue weighted by Gasteiger charge is -2.33. The van der Waals surface area contributed by atoms with Crippen LogP contribution in [0.15, 0.2) is 12.1 Å². The molecule has 0 aromatic heterocycles. The molecule has 0 aliphatic heterocycles. The van der Waals surface area contributed by atoms with Gasteiger partial charge in [0.1, 0.15) is 0 Å². The average molecular weight is 274 g/mol. The van der Waals surface area contributed by atoms with E-state index in [1.807, 2.05) is 0 Å². The van der Waals surface area contributed by atoms with E-state index in [1.54, 1.807) is 0 Å². The molecule has 0 heterocycles. The molecule has 2 heteroatoms. The molecule has 1 unspecified atom stereocenters. The predicted octanol–water partition coefficient (Wildman–Crippen LogP) is 3.73. The summed E-state index contributed by atoms with van der Waals surface area (Å²) in [6.07, 6.45) is 4.24. The smallest absolute Gasteiger partial charge is 0.0429 e. The molecule has 1 aliphatic rings. The molecule has 1 aromatic carbocycles. The van der Waals surface area contributed by atoms with Gasteiger partial charge in [-0.3, -0.25) is 0 Å². The third kappa shape index (κ3) is 3.62. The minimum absolute atomic E-state index is 0.135. The maximum atomic E-state index is 6.52. The summed E-state index contributed by atoms with van der Waals surface area (Å²) in [5.74, 6) is 0.919. The van der Waals surface area contributed by atoms with Gasteiger partial charge in [0.15, 0.2) is 0 Å². The minimum atomic E-state index is 0.135. The maximum Gasteiger partial charge on any atom is 0.0429 e. The van der Waals surface area contributed by atoms with Crippen LogP contribution in [-0.4, -0.2) is 24.5 Å². The third-order valence-corrected chi connectivity index (χ3v) is 4.75. The number of hydrogen-bond acceptors (Lipinski definition) is 2. The summed E-state index contributed by atoms with van der Waals surface area (Å²) < 4.78 is 0. The highest BCUT2D eigenvalue weighted by Crippen LogP contribution is 2.28. The van der Waals surface area contributed by atoms with E-state index >= 15 is 0 Å². The van der Waals surface area contributed by atoms with E-state index in [-0.39, 0.29) is 6.04 Å². The average Bonchev–Trinajstić information content (AvgIpc) is 2.30. The van der Waals surface area contributed by atoms with Crippen LogP contribution in [0.1, 0.15) is 54.5 Å². The van der Waals surface area contributed by atoms with Gasteiger partial charge in [0.25, 0.3) is 0 Å². The number of benzene rings is 1. The largest absolute Gasteiger partial charge is 0.323 e. The van der Waals surface area contributed by atoms with Crippen LogP contribution in [0, 0.1) is 26.7 Å². The number of nitrogens with zero attached hydrogens (tertiary/aromatic N) is 1. The van der Waals surface area contributed by atoms with Crippen molar-refractivity contribution in [3.05, 3.63) is 34.4 Å². The number of rotatable bonds is 6. The van der Waals surface area contributed by atoms with Gasteiger partial charge in [-0.05, 0) is 62.8 Å². The quantitative estimate of drug-likeness (QED) is 0.856. The fourth-order valence-electron chi connectivity index (χ4n) is 3.52. The second-order valence-electron chi connectivity index (χ2n) is 6.57. The van der Waals surface area contributed by atoms with E-state index < -0.39 is 0 Å². The lowest BCUT2D eigenvalue weighted by molar-refractivity contribution is 0.176. The zero-order chi connectivity index (χ0) is 14.7. The fraction of sp³-hybridized carbons (Fsp3) is 0.667. The lowest BCUT2D eigenvalue weighted by atomic mass is 9.85. The van der Waals surface area contributed by atoms with E-state index in [0.717, 1.165) is 19.0 Å². The first-order valence-electron chi connectivity index (χ1n) is 8.07. The van der Waals surface area contributed by atoms with Gasteiger partial charge < -0.3 is 10.6 Å². The van der Waals surface area contributed by atoms with Gasteiger partial charge in [-0.1, -0.05) is 31.0 Å². The molecule has 0 bridgehead atoms. The third-order valence-electron chi connectivity index (χ3n) is 4.75. The summed E-state index contributed by atoms with van der Waals surface area (Å²) in [4.78, 5) is 2.53. The summed E-state index contributed by atoms with van der Waals surface area (Å²) in [6, 6.07) is 4.64. The minimum Gasteiger partial charge on any atom is -0.323 e. The normalized spacial score (nSPS) is 17.3. The summed E-state index contributed by atoms with van der Waals surface area (Å²) >= 11 is 0. The van der Waals surface area contributed by atoms with E-state index in [4.69, 9.17) is 5.73 Å². The first-order chi connectivity index (χ1) is 9.51. The van der Waals surface area contributed by atoms with Crippen LogP contribution >= 0.6 is 0 Å². The van der Waals surface area contributed by atoms with Crippen molar-refractivity contribution in [2.45, 2.75) is 53.0 Å². The van der Waals surface area contributed by atoms with Crippen LogP contribution in [0.3, 0.4) is 0 Å². The first-order valence-corrected chi connectivity index (χ1v) is 8.07. The standard InChI is InChI=1S/C18H30N2/c1-5-20(11-16-7-6-8-16)12-17(19)18-14(3)9-13(2)10-15(18)4/h9-10,16-17H,5-8,11-12,19H2,1-4H3. The molecule has 0 amide bonds. The van der Waals surface area contributed by atoms with Crippen LogP contribution in [0.5, 0.6) is 0 Å². The molecule has 1 aromatic rings. The van der Waals surface area contributed by atoms with Crippen LogP contribution in [0.4, 0.5) is 0 Å². The van der Waals surface area contributed by atoms with E-state index in [0.29, 0.717) is 0 Å². The second kappa shape index (κ2) is 6.73. The Morgan fingerprint density at radius 2 is 1.80 bits per heavy atom. The van der Waals surface area contributed by atoms with Crippen LogP contribution in [-0.2, 0) is 0 Å². The Hall–Kier alpha value is -0.860. The molecule has 20 heavy (non-hydrogen) atoms. The zero-order valence-corrected chi connectivity index (χ0v) is 13.6. The zero-order valence-electron chi connectivity index (χ0n) is 13.6. The van der Waals surface area contributed by atoms with Gasteiger partial charge in [-0.15, -0.1) is 0 Å². The lowest BCUT2D eigenvalue weighted by Crippen LogP contribution is -2.37. The first kappa shape index (κ1) is 15.5. The van der Waals surface area contributed by atoms with Crippen molar-refractivity contribution in [3.63, 3.8) is 0 Å². The van der Waals surface area contributed by atoms with E-state index in [2.05, 4.69) is 44.7 Å². The fourth-order valence-corrected chi connectivity index (χ4v) is 3.52. The van der Waals surface area contributed by atoms with Crippen molar-refractivity contribution in [3.8, 4) is 0 Å². The van der Waals surface area contributed by atoms with Gasteiger partial charge in [0.2, 0.25) is 0 Å². The Balaban J connectivity index is 2.04. The van der Waals surface area contributed by atoms with Crippen molar-refractivity contribution in [1.29, 1.82) is 0 Å². The summed E-state index contributed by atoms with van der Waals surface area (Å²) in [5.41, 5.74) is 11.9. The molecule has 1 fully saturated rings. The Morgan fingerprint density at radius 1 is 1.20 bits per heavy atom. The summed E-state index contributed by atoms with van der Waals surface area (Å²) in [5, 5.41) is 0. The van der Waals surface area contributed by atoms with Crippen molar-refractivity contribution >= 4 is 0 Å². The number of hydrogen-bond donors (Lipinski definition) is 1. The van der Waals surface area contributed by atoms with Crippen LogP contribution in [0.25, 0.3) is 0 Å². The monoisotopic (exact) mass is 274 g/mol. The predicted molar refractivity (Wildman–Crippen MR) is 87.0 cm³/mol. The molecule has 0 radical (unpaired) electrons. The van der Waals surface area contributed by atoms with Gasteiger partial charge in [-0.2, -0.15) is 0 Å². The Labute approximate surface area is 124 Å². The molecule has 2 N–H and O–H groups in total. The van der Waals surface area contributed by atoms with E-state index in [9.17, 15) is 0 Å². The highest BCUT2D eigenvalue weighted by Gasteiger charge is 2.22. The Morgan fingerprint density at radius 3 is 2.25 bits per heavy atom. The highest BCUT2D eigenvalue weighted by atomic mass is 15.1. The van der Waals surface area contributed by atoms with Crippen molar-refractivity contribution in [2.75, 3.05) is 19.6 Å². The molecular formula is C18H30N2. The van der Waals surface area contributed by atoms with Crippen molar-refractivity contribution < 1.29 is 0 Å². The molecular weight excluding hydrogens is 244 g/mol. The Bertz CT molecular complexity index is 426. The molecule has 2 nitrogen and oxygen atoms in total. The van der Waals surface area contributed by atoms with Gasteiger partial charge in [-0.25, -0.2) is 0 Å². The topological polar surface area (TPSA) is 29.3 Å². The van der Waals surface area contributed by atoms with Crippen LogP contribution in [0.2, 0.25) is 0 Å². The van der Waals surface area contributed by atoms with Crippen LogP contribution < -0.4 is 5.73 Å². The van der Waals surface area contributed by atoms with E-state index in [1.165, 1.54) is 48.1 Å². The van der Waals surface area contributed by atoms with Gasteiger partial charge in [0.05, 0.1) is 0 Å². The Kier molecular flexibility index (Phi) is 5.22. The number of likely N-dealkylation sites (N-methyl/N-ethyl adjacent to an activating group) is 1. The highest BCUT2D eigenvalue weighted by molar-refractivity contribution is 5.39. The summed E-state index contributed by atoms with van der Waals surface area (Å²) in [6.45, 7) is 12.1. The number of aryl methyl sites for hydroxylation is 3. The number of nitrogens with two attached hydrogens (primary N) is 1. The maximum absolute atomic E-state index is 6.52. The molecule has 1 saturated carbocycles. The van der Waals surface area contributed by atoms with Crippen molar-refractivity contribution in [1.82, 2.24) is 4.90 Å². The molecule has 0 spiro atoms. The van der Waals surface area contributed by atoms with Gasteiger partial charge >= 0.3 is 0 Å².